The zero-order chi connectivity index (χ0) is 19.9. The summed E-state index contributed by atoms with van der Waals surface area (Å²) in [4.78, 5) is 25.1. The van der Waals surface area contributed by atoms with E-state index in [1.165, 1.54) is 0 Å². The molecular weight excluding hydrogens is 400 g/mol. The second-order valence-electron chi connectivity index (χ2n) is 5.89. The number of hydrogen-bond donors (Lipinski definition) is 1. The van der Waals surface area contributed by atoms with Gasteiger partial charge in [0.1, 0.15) is 5.76 Å². The van der Waals surface area contributed by atoms with Crippen molar-refractivity contribution in [3.63, 3.8) is 0 Å². The second kappa shape index (κ2) is 9.43. The number of esters is 1. The minimum atomic E-state index is -0.565. The number of amides is 1. The Morgan fingerprint density at radius 2 is 1.96 bits per heavy atom. The van der Waals surface area contributed by atoms with Crippen molar-refractivity contribution in [2.24, 2.45) is 0 Å². The SMILES string of the molecule is Cc1cc(NC(=O)COC(=O)c2cccc(CSc3ccc(Cl)cc3)c2)no1. The second-order valence-corrected chi connectivity index (χ2v) is 7.38. The highest BCUT2D eigenvalue weighted by molar-refractivity contribution is 7.98. The molecule has 0 unspecified atom stereocenters. The number of rotatable bonds is 7. The number of halogens is 1. The molecule has 3 aromatic rings. The molecule has 8 heteroatoms. The third-order valence-corrected chi connectivity index (χ3v) is 4.95. The van der Waals surface area contributed by atoms with Crippen LogP contribution in [0.1, 0.15) is 21.7 Å². The van der Waals surface area contributed by atoms with Crippen LogP contribution in [-0.2, 0) is 15.3 Å². The number of ether oxygens (including phenoxy) is 1. The van der Waals surface area contributed by atoms with Crippen LogP contribution in [0.2, 0.25) is 5.02 Å². The van der Waals surface area contributed by atoms with Crippen LogP contribution in [0.15, 0.2) is 64.0 Å². The van der Waals surface area contributed by atoms with Gasteiger partial charge in [0.2, 0.25) is 0 Å². The molecule has 28 heavy (non-hydrogen) atoms. The fraction of sp³-hybridized carbons (Fsp3) is 0.150. The molecule has 0 aliphatic carbocycles. The molecule has 2 aromatic carbocycles. The van der Waals surface area contributed by atoms with E-state index in [0.717, 1.165) is 10.5 Å². The molecule has 0 atom stereocenters. The quantitative estimate of drug-likeness (QED) is 0.443. The molecule has 1 aromatic heterocycles. The Morgan fingerprint density at radius 1 is 1.18 bits per heavy atom. The predicted molar refractivity (Wildman–Crippen MR) is 108 cm³/mol. The molecule has 1 amide bonds. The van der Waals surface area contributed by atoms with Crippen LogP contribution >= 0.6 is 23.4 Å². The molecule has 0 aliphatic heterocycles. The third kappa shape index (κ3) is 5.87. The maximum absolute atomic E-state index is 12.2. The molecule has 1 N–H and O–H groups in total. The Kier molecular flexibility index (Phi) is 6.73. The van der Waals surface area contributed by atoms with Gasteiger partial charge in [0, 0.05) is 21.7 Å². The lowest BCUT2D eigenvalue weighted by Crippen LogP contribution is -2.21. The molecule has 6 nitrogen and oxygen atoms in total. The first-order valence-electron chi connectivity index (χ1n) is 8.37. The molecule has 0 fully saturated rings. The smallest absolute Gasteiger partial charge is 0.338 e. The number of carbonyl (C=O) groups is 2. The lowest BCUT2D eigenvalue weighted by atomic mass is 10.1. The first kappa shape index (κ1) is 20.0. The van der Waals surface area contributed by atoms with E-state index >= 15 is 0 Å². The number of hydrogen-bond acceptors (Lipinski definition) is 6. The van der Waals surface area contributed by atoms with E-state index in [-0.39, 0.29) is 5.82 Å². The van der Waals surface area contributed by atoms with Crippen LogP contribution < -0.4 is 5.32 Å². The van der Waals surface area contributed by atoms with Gasteiger partial charge < -0.3 is 14.6 Å². The summed E-state index contributed by atoms with van der Waals surface area (Å²) in [5, 5.41) is 6.83. The van der Waals surface area contributed by atoms with Crippen molar-refractivity contribution in [3.8, 4) is 0 Å². The number of thioether (sulfide) groups is 1. The molecule has 0 bridgehead atoms. The normalized spacial score (nSPS) is 10.5. The molecule has 0 aliphatic rings. The van der Waals surface area contributed by atoms with Crippen molar-refractivity contribution in [1.29, 1.82) is 0 Å². The van der Waals surface area contributed by atoms with Gasteiger partial charge in [-0.2, -0.15) is 0 Å². The van der Waals surface area contributed by atoms with Crippen LogP contribution in [0.25, 0.3) is 0 Å². The Bertz CT molecular complexity index is 972. The van der Waals surface area contributed by atoms with Crippen molar-refractivity contribution >= 4 is 41.1 Å². The molecule has 0 radical (unpaired) electrons. The largest absolute Gasteiger partial charge is 0.452 e. The van der Waals surface area contributed by atoms with Crippen molar-refractivity contribution in [2.75, 3.05) is 11.9 Å². The van der Waals surface area contributed by atoms with Gasteiger partial charge >= 0.3 is 5.97 Å². The zero-order valence-electron chi connectivity index (χ0n) is 15.0. The summed E-state index contributed by atoms with van der Waals surface area (Å²) in [6.07, 6.45) is 0. The summed E-state index contributed by atoms with van der Waals surface area (Å²) in [6.45, 7) is 1.30. The number of aryl methyl sites for hydroxylation is 1. The first-order chi connectivity index (χ1) is 13.5. The average Bonchev–Trinajstić information content (AvgIpc) is 3.10. The fourth-order valence-corrected chi connectivity index (χ4v) is 3.27. The maximum atomic E-state index is 12.2. The van der Waals surface area contributed by atoms with E-state index in [4.69, 9.17) is 20.9 Å². The lowest BCUT2D eigenvalue weighted by Gasteiger charge is -2.07. The van der Waals surface area contributed by atoms with Crippen molar-refractivity contribution in [2.45, 2.75) is 17.6 Å². The number of carbonyl (C=O) groups excluding carboxylic acids is 2. The minimum Gasteiger partial charge on any atom is -0.452 e. The van der Waals surface area contributed by atoms with Crippen molar-refractivity contribution in [1.82, 2.24) is 5.16 Å². The Morgan fingerprint density at radius 3 is 2.68 bits per heavy atom. The molecule has 0 saturated carbocycles. The topological polar surface area (TPSA) is 81.4 Å². The lowest BCUT2D eigenvalue weighted by molar-refractivity contribution is -0.119. The highest BCUT2D eigenvalue weighted by Crippen LogP contribution is 2.24. The fourth-order valence-electron chi connectivity index (χ4n) is 2.30. The van der Waals surface area contributed by atoms with E-state index in [1.54, 1.807) is 43.0 Å². The Hall–Kier alpha value is -2.77. The summed E-state index contributed by atoms with van der Waals surface area (Å²) < 4.78 is 9.92. The van der Waals surface area contributed by atoms with Gasteiger partial charge in [-0.1, -0.05) is 28.9 Å². The van der Waals surface area contributed by atoms with Crippen LogP contribution in [0.3, 0.4) is 0 Å². The van der Waals surface area contributed by atoms with E-state index in [2.05, 4.69) is 10.5 Å². The number of nitrogens with zero attached hydrogens (tertiary/aromatic N) is 1. The van der Waals surface area contributed by atoms with Crippen molar-refractivity contribution in [3.05, 3.63) is 76.5 Å². The summed E-state index contributed by atoms with van der Waals surface area (Å²) in [6, 6.07) is 16.3. The van der Waals surface area contributed by atoms with Gasteiger partial charge in [0.15, 0.2) is 12.4 Å². The molecular formula is C20H17ClN2O4S. The highest BCUT2D eigenvalue weighted by atomic mass is 35.5. The van der Waals surface area contributed by atoms with Gasteiger partial charge in [0.05, 0.1) is 5.56 Å². The average molecular weight is 417 g/mol. The van der Waals surface area contributed by atoms with Crippen LogP contribution in [0.5, 0.6) is 0 Å². The number of anilines is 1. The zero-order valence-corrected chi connectivity index (χ0v) is 16.5. The summed E-state index contributed by atoms with van der Waals surface area (Å²) in [5.74, 6) is 0.482. The highest BCUT2D eigenvalue weighted by Gasteiger charge is 2.12. The number of benzene rings is 2. The van der Waals surface area contributed by atoms with Gasteiger partial charge in [-0.25, -0.2) is 4.79 Å². The van der Waals surface area contributed by atoms with E-state index < -0.39 is 18.5 Å². The monoisotopic (exact) mass is 416 g/mol. The van der Waals surface area contributed by atoms with Crippen LogP contribution in [-0.4, -0.2) is 23.6 Å². The van der Waals surface area contributed by atoms with Gasteiger partial charge in [0.25, 0.3) is 5.91 Å². The van der Waals surface area contributed by atoms with E-state index in [1.807, 2.05) is 30.3 Å². The molecule has 144 valence electrons. The maximum Gasteiger partial charge on any atom is 0.338 e. The summed E-state index contributed by atoms with van der Waals surface area (Å²) in [7, 11) is 0. The number of nitrogens with one attached hydrogen (secondary N) is 1. The van der Waals surface area contributed by atoms with Gasteiger partial charge in [-0.3, -0.25) is 4.79 Å². The van der Waals surface area contributed by atoms with Gasteiger partial charge in [-0.15, -0.1) is 11.8 Å². The Labute approximate surface area is 171 Å². The molecule has 3 rings (SSSR count). The minimum absolute atomic E-state index is 0.278. The van der Waals surface area contributed by atoms with E-state index in [9.17, 15) is 9.59 Å². The molecule has 0 saturated heterocycles. The Balaban J connectivity index is 1.51. The van der Waals surface area contributed by atoms with Crippen LogP contribution in [0.4, 0.5) is 5.82 Å². The standard InChI is InChI=1S/C20H17ClN2O4S/c1-13-9-18(23-27-13)22-19(24)11-26-20(25)15-4-2-3-14(10-15)12-28-17-7-5-16(21)6-8-17/h2-10H,11-12H2,1H3,(H,22,23,24). The van der Waals surface area contributed by atoms with E-state index in [0.29, 0.717) is 22.1 Å². The molecule has 1 heterocycles. The third-order valence-electron chi connectivity index (χ3n) is 3.61. The molecule has 0 spiro atoms. The van der Waals surface area contributed by atoms with Crippen molar-refractivity contribution < 1.29 is 18.8 Å². The number of aromatic nitrogens is 1. The summed E-state index contributed by atoms with van der Waals surface area (Å²) in [5.41, 5.74) is 1.36. The summed E-state index contributed by atoms with van der Waals surface area (Å²) >= 11 is 7.52. The van der Waals surface area contributed by atoms with Crippen LogP contribution in [0, 0.1) is 6.92 Å². The predicted octanol–water partition coefficient (Wildman–Crippen LogP) is 4.72. The first-order valence-corrected chi connectivity index (χ1v) is 9.73. The van der Waals surface area contributed by atoms with Gasteiger partial charge in [-0.05, 0) is 48.9 Å².